The Bertz CT molecular complexity index is 980. The number of anilines is 1. The quantitative estimate of drug-likeness (QED) is 0.357. The smallest absolute Gasteiger partial charge is 0.130 e. The van der Waals surface area contributed by atoms with Gasteiger partial charge in [-0.25, -0.2) is 4.39 Å². The van der Waals surface area contributed by atoms with Crippen LogP contribution in [0.15, 0.2) is 60.7 Å². The molecule has 0 radical (unpaired) electrons. The lowest BCUT2D eigenvalue weighted by Crippen LogP contribution is -2.29. The molecular formula is C28H34FNO. The zero-order valence-corrected chi connectivity index (χ0v) is 18.5. The molecule has 0 spiro atoms. The van der Waals surface area contributed by atoms with Crippen LogP contribution < -0.4 is 5.73 Å². The van der Waals surface area contributed by atoms with Gasteiger partial charge in [0.05, 0.1) is 6.10 Å². The fourth-order valence-electron chi connectivity index (χ4n) is 5.97. The number of rotatable bonds is 8. The van der Waals surface area contributed by atoms with E-state index in [1.165, 1.54) is 30.9 Å². The molecule has 2 nitrogen and oxygen atoms in total. The van der Waals surface area contributed by atoms with E-state index in [-0.39, 0.29) is 11.7 Å². The minimum Gasteiger partial charge on any atom is -0.399 e. The molecule has 3 atom stereocenters. The highest BCUT2D eigenvalue weighted by Gasteiger charge is 2.57. The lowest BCUT2D eigenvalue weighted by atomic mass is 9.66. The maximum Gasteiger partial charge on any atom is 0.130 e. The van der Waals surface area contributed by atoms with Gasteiger partial charge in [0.2, 0.25) is 0 Å². The summed E-state index contributed by atoms with van der Waals surface area (Å²) in [4.78, 5) is 0. The Morgan fingerprint density at radius 1 is 1.16 bits per heavy atom. The standard InChI is InChI=1S/C28H34FNO/c1-3-4-5-7-12-21-17-24-26(31)15-16-28(24,19(2)20-10-8-6-9-11-20)27(21)23-18-22(30)13-14-25(23)29/h6,8-11,13-14,18,24,26,31H,2-5,7,12,15-17,30H2,1H3/t24?,26-,28+/m1/s1. The second kappa shape index (κ2) is 9.00. The minimum absolute atomic E-state index is 0.0391. The van der Waals surface area contributed by atoms with Crippen molar-refractivity contribution in [2.75, 3.05) is 5.73 Å². The highest BCUT2D eigenvalue weighted by Crippen LogP contribution is 2.66. The van der Waals surface area contributed by atoms with Crippen molar-refractivity contribution in [2.45, 2.75) is 64.4 Å². The molecule has 0 bridgehead atoms. The molecule has 2 aromatic rings. The Morgan fingerprint density at radius 3 is 2.68 bits per heavy atom. The third-order valence-corrected chi connectivity index (χ3v) is 7.45. The van der Waals surface area contributed by atoms with E-state index in [1.54, 1.807) is 12.1 Å². The number of aliphatic hydroxyl groups excluding tert-OH is 1. The van der Waals surface area contributed by atoms with Crippen molar-refractivity contribution in [3.05, 3.63) is 77.6 Å². The van der Waals surface area contributed by atoms with E-state index < -0.39 is 11.5 Å². The monoisotopic (exact) mass is 419 g/mol. The van der Waals surface area contributed by atoms with Crippen LogP contribution in [0.3, 0.4) is 0 Å². The highest BCUT2D eigenvalue weighted by molar-refractivity contribution is 5.91. The number of aliphatic hydroxyl groups is 1. The van der Waals surface area contributed by atoms with Gasteiger partial charge in [0.25, 0.3) is 0 Å². The summed E-state index contributed by atoms with van der Waals surface area (Å²) in [5.41, 5.74) is 11.2. The van der Waals surface area contributed by atoms with Gasteiger partial charge in [0.15, 0.2) is 0 Å². The van der Waals surface area contributed by atoms with E-state index in [2.05, 4.69) is 25.6 Å². The number of hydrogen-bond donors (Lipinski definition) is 2. The lowest BCUT2D eigenvalue weighted by Gasteiger charge is -2.37. The van der Waals surface area contributed by atoms with Crippen LogP contribution in [0.4, 0.5) is 10.1 Å². The van der Waals surface area contributed by atoms with Crippen LogP contribution >= 0.6 is 0 Å². The topological polar surface area (TPSA) is 46.2 Å². The van der Waals surface area contributed by atoms with Gasteiger partial charge in [-0.1, -0.05) is 68.7 Å². The second-order valence-electron chi connectivity index (χ2n) is 9.26. The van der Waals surface area contributed by atoms with Gasteiger partial charge in [-0.3, -0.25) is 0 Å². The molecule has 164 valence electrons. The molecule has 2 aliphatic carbocycles. The Hall–Kier alpha value is -2.39. The number of benzene rings is 2. The number of fused-ring (bicyclic) bond motifs is 1. The highest BCUT2D eigenvalue weighted by atomic mass is 19.1. The first-order chi connectivity index (χ1) is 15.0. The van der Waals surface area contributed by atoms with Crippen molar-refractivity contribution in [3.63, 3.8) is 0 Å². The molecule has 0 aliphatic heterocycles. The number of nitrogen functional groups attached to an aromatic ring is 1. The summed E-state index contributed by atoms with van der Waals surface area (Å²) in [5, 5.41) is 11.0. The Morgan fingerprint density at radius 2 is 1.94 bits per heavy atom. The molecule has 2 aromatic carbocycles. The summed E-state index contributed by atoms with van der Waals surface area (Å²) in [5.74, 6) is -0.199. The normalized spacial score (nSPS) is 25.1. The van der Waals surface area contributed by atoms with Crippen molar-refractivity contribution in [2.24, 2.45) is 11.3 Å². The number of allylic oxidation sites excluding steroid dienone is 3. The van der Waals surface area contributed by atoms with E-state index in [1.807, 2.05) is 18.2 Å². The predicted molar refractivity (Wildman–Crippen MR) is 128 cm³/mol. The number of hydrogen-bond acceptors (Lipinski definition) is 2. The van der Waals surface area contributed by atoms with E-state index in [0.717, 1.165) is 42.4 Å². The number of nitrogens with two attached hydrogens (primary N) is 1. The molecule has 2 aliphatic rings. The molecule has 0 amide bonds. The molecule has 3 N–H and O–H groups in total. The predicted octanol–water partition coefficient (Wildman–Crippen LogP) is 7.01. The van der Waals surface area contributed by atoms with Crippen molar-refractivity contribution < 1.29 is 9.50 Å². The molecule has 1 unspecified atom stereocenters. The average molecular weight is 420 g/mol. The van der Waals surface area contributed by atoms with Crippen molar-refractivity contribution in [3.8, 4) is 0 Å². The fourth-order valence-corrected chi connectivity index (χ4v) is 5.97. The van der Waals surface area contributed by atoms with Crippen LogP contribution in [0, 0.1) is 17.2 Å². The van der Waals surface area contributed by atoms with Crippen LogP contribution in [-0.4, -0.2) is 11.2 Å². The first-order valence-electron chi connectivity index (χ1n) is 11.7. The van der Waals surface area contributed by atoms with Gasteiger partial charge in [-0.05, 0) is 67.0 Å². The van der Waals surface area contributed by atoms with E-state index >= 15 is 4.39 Å². The first kappa shape index (κ1) is 21.8. The largest absolute Gasteiger partial charge is 0.399 e. The number of unbranched alkanes of at least 4 members (excludes halogenated alkanes) is 3. The second-order valence-corrected chi connectivity index (χ2v) is 9.26. The van der Waals surface area contributed by atoms with Crippen molar-refractivity contribution in [1.82, 2.24) is 0 Å². The molecule has 3 heteroatoms. The molecule has 4 rings (SSSR count). The summed E-state index contributed by atoms with van der Waals surface area (Å²) in [7, 11) is 0. The van der Waals surface area contributed by atoms with Crippen LogP contribution in [0.5, 0.6) is 0 Å². The van der Waals surface area contributed by atoms with Crippen LogP contribution in [0.2, 0.25) is 0 Å². The minimum atomic E-state index is -0.449. The van der Waals surface area contributed by atoms with Gasteiger partial charge < -0.3 is 10.8 Å². The summed E-state index contributed by atoms with van der Waals surface area (Å²) in [6, 6.07) is 15.1. The average Bonchev–Trinajstić information content (AvgIpc) is 3.28. The maximum absolute atomic E-state index is 15.2. The maximum atomic E-state index is 15.2. The lowest BCUT2D eigenvalue weighted by molar-refractivity contribution is 0.119. The van der Waals surface area contributed by atoms with Gasteiger partial charge >= 0.3 is 0 Å². The number of halogens is 1. The van der Waals surface area contributed by atoms with Gasteiger partial charge in [0, 0.05) is 22.6 Å². The van der Waals surface area contributed by atoms with Gasteiger partial charge in [-0.15, -0.1) is 0 Å². The van der Waals surface area contributed by atoms with Gasteiger partial charge in [-0.2, -0.15) is 0 Å². The van der Waals surface area contributed by atoms with Crippen molar-refractivity contribution >= 4 is 16.8 Å². The summed E-state index contributed by atoms with van der Waals surface area (Å²) >= 11 is 0. The molecule has 31 heavy (non-hydrogen) atoms. The van der Waals surface area contributed by atoms with Crippen LogP contribution in [0.25, 0.3) is 11.1 Å². The van der Waals surface area contributed by atoms with Crippen molar-refractivity contribution in [1.29, 1.82) is 0 Å². The molecular weight excluding hydrogens is 385 g/mol. The van der Waals surface area contributed by atoms with E-state index in [9.17, 15) is 5.11 Å². The van der Waals surface area contributed by atoms with E-state index in [0.29, 0.717) is 17.7 Å². The molecule has 0 heterocycles. The third-order valence-electron chi connectivity index (χ3n) is 7.45. The fraction of sp³-hybridized carbons (Fsp3) is 0.429. The first-order valence-corrected chi connectivity index (χ1v) is 11.7. The zero-order chi connectivity index (χ0) is 22.0. The SMILES string of the molecule is C=C(c1ccccc1)[C@@]12CC[C@@H](O)C1CC(CCCCCC)=C2c1cc(N)ccc1F. The summed E-state index contributed by atoms with van der Waals surface area (Å²) < 4.78 is 15.2. The molecule has 1 saturated carbocycles. The molecule has 1 fully saturated rings. The third kappa shape index (κ3) is 3.85. The van der Waals surface area contributed by atoms with Crippen LogP contribution in [-0.2, 0) is 0 Å². The summed E-state index contributed by atoms with van der Waals surface area (Å²) in [6.07, 6.45) is 7.52. The summed E-state index contributed by atoms with van der Waals surface area (Å²) in [6.45, 7) is 6.76. The van der Waals surface area contributed by atoms with Gasteiger partial charge in [0.1, 0.15) is 5.82 Å². The Labute approximate surface area is 185 Å². The molecule has 0 saturated heterocycles. The molecule has 0 aromatic heterocycles. The zero-order valence-electron chi connectivity index (χ0n) is 18.5. The Kier molecular flexibility index (Phi) is 6.34. The Balaban J connectivity index is 1.86. The van der Waals surface area contributed by atoms with E-state index in [4.69, 9.17) is 5.73 Å². The van der Waals surface area contributed by atoms with Crippen LogP contribution in [0.1, 0.15) is 69.4 Å².